The summed E-state index contributed by atoms with van der Waals surface area (Å²) in [6.07, 6.45) is -7.71. The van der Waals surface area contributed by atoms with Crippen molar-refractivity contribution in [2.24, 2.45) is 0 Å². The Morgan fingerprint density at radius 3 is 2.50 bits per heavy atom. The largest absolute Gasteiger partial charge is 0.459 e. The van der Waals surface area contributed by atoms with Crippen molar-refractivity contribution >= 4 is 5.69 Å². The molecule has 0 radical (unpaired) electrons. The molecule has 1 heterocycles. The van der Waals surface area contributed by atoms with Crippen LogP contribution in [0.2, 0.25) is 0 Å². The van der Waals surface area contributed by atoms with Gasteiger partial charge in [0.15, 0.2) is 11.6 Å². The number of aliphatic hydroxyl groups excluding tert-OH is 4. The lowest BCUT2D eigenvalue weighted by molar-refractivity contribution is -0.385. The highest BCUT2D eigenvalue weighted by Gasteiger charge is 2.44. The van der Waals surface area contributed by atoms with Crippen LogP contribution in [0.1, 0.15) is 0 Å². The van der Waals surface area contributed by atoms with Crippen LogP contribution in [-0.4, -0.2) is 62.7 Å². The lowest BCUT2D eigenvalue weighted by Gasteiger charge is -2.39. The third-order valence-electron chi connectivity index (χ3n) is 3.22. The minimum absolute atomic E-state index is 0.449. The topological polar surface area (TPSA) is 143 Å². The van der Waals surface area contributed by atoms with Gasteiger partial charge in [0.25, 0.3) is 5.69 Å². The number of hydrogen-bond acceptors (Lipinski definition) is 8. The summed E-state index contributed by atoms with van der Waals surface area (Å²) < 4.78 is 23.8. The minimum Gasteiger partial charge on any atom is -0.459 e. The number of ether oxygens (including phenoxy) is 2. The molecule has 5 unspecified atom stereocenters. The minimum atomic E-state index is -1.70. The van der Waals surface area contributed by atoms with Crippen LogP contribution in [0, 0.1) is 15.9 Å². The molecule has 122 valence electrons. The maximum Gasteiger partial charge on any atom is 0.272 e. The first-order valence-corrected chi connectivity index (χ1v) is 6.26. The van der Waals surface area contributed by atoms with Gasteiger partial charge in [0.05, 0.1) is 17.6 Å². The molecule has 0 aliphatic carbocycles. The molecular weight excluding hydrogens is 305 g/mol. The molecule has 0 aromatic heterocycles. The quantitative estimate of drug-likeness (QED) is 0.405. The highest BCUT2D eigenvalue weighted by Crippen LogP contribution is 2.27. The maximum absolute atomic E-state index is 13.7. The molecular formula is C12H14FNO8. The SMILES string of the molecule is O=[N+]([O-])c1ccc(OC2OC(CO)C(O)C(O)C2O)c(F)c1. The third-order valence-corrected chi connectivity index (χ3v) is 3.22. The van der Waals surface area contributed by atoms with E-state index in [9.17, 15) is 29.8 Å². The average Bonchev–Trinajstić information content (AvgIpc) is 2.49. The maximum atomic E-state index is 13.7. The zero-order valence-corrected chi connectivity index (χ0v) is 11.1. The monoisotopic (exact) mass is 319 g/mol. The number of benzene rings is 1. The first-order chi connectivity index (χ1) is 10.3. The second kappa shape index (κ2) is 6.50. The Morgan fingerprint density at radius 2 is 1.95 bits per heavy atom. The van der Waals surface area contributed by atoms with Crippen molar-refractivity contribution in [3.8, 4) is 5.75 Å². The number of nitro benzene ring substituents is 1. The van der Waals surface area contributed by atoms with Gasteiger partial charge in [0.1, 0.15) is 24.4 Å². The lowest BCUT2D eigenvalue weighted by atomic mass is 9.99. The molecule has 22 heavy (non-hydrogen) atoms. The summed E-state index contributed by atoms with van der Waals surface area (Å²) in [4.78, 5) is 9.72. The summed E-state index contributed by atoms with van der Waals surface area (Å²) in [5.41, 5.74) is -0.487. The van der Waals surface area contributed by atoms with Crippen molar-refractivity contribution in [2.75, 3.05) is 6.61 Å². The van der Waals surface area contributed by atoms with Crippen molar-refractivity contribution in [2.45, 2.75) is 30.7 Å². The van der Waals surface area contributed by atoms with E-state index in [4.69, 9.17) is 14.6 Å². The van der Waals surface area contributed by atoms with Crippen LogP contribution in [0.3, 0.4) is 0 Å². The van der Waals surface area contributed by atoms with E-state index < -0.39 is 59.5 Å². The van der Waals surface area contributed by atoms with Gasteiger partial charge in [0, 0.05) is 6.07 Å². The van der Waals surface area contributed by atoms with Gasteiger partial charge in [-0.25, -0.2) is 4.39 Å². The number of hydrogen-bond donors (Lipinski definition) is 4. The Kier molecular flexibility index (Phi) is 4.88. The van der Waals surface area contributed by atoms with Gasteiger partial charge in [-0.1, -0.05) is 0 Å². The molecule has 0 saturated carbocycles. The molecule has 5 atom stereocenters. The van der Waals surface area contributed by atoms with Gasteiger partial charge in [0.2, 0.25) is 6.29 Å². The van der Waals surface area contributed by atoms with Crippen LogP contribution in [-0.2, 0) is 4.74 Å². The Balaban J connectivity index is 2.17. The van der Waals surface area contributed by atoms with E-state index in [1.165, 1.54) is 0 Å². The van der Waals surface area contributed by atoms with Crippen LogP contribution in [0.25, 0.3) is 0 Å². The Labute approximate surface area is 123 Å². The number of halogens is 1. The Morgan fingerprint density at radius 1 is 1.27 bits per heavy atom. The van der Waals surface area contributed by atoms with Crippen LogP contribution in [0.15, 0.2) is 18.2 Å². The van der Waals surface area contributed by atoms with Gasteiger partial charge in [-0.15, -0.1) is 0 Å². The van der Waals surface area contributed by atoms with E-state index in [0.29, 0.717) is 6.07 Å². The molecule has 1 aromatic rings. The first-order valence-electron chi connectivity index (χ1n) is 6.26. The number of rotatable bonds is 4. The fourth-order valence-electron chi connectivity index (χ4n) is 1.99. The fraction of sp³-hybridized carbons (Fsp3) is 0.500. The van der Waals surface area contributed by atoms with E-state index in [2.05, 4.69) is 0 Å². The molecule has 0 spiro atoms. The number of nitrogens with zero attached hydrogens (tertiary/aromatic N) is 1. The molecule has 2 rings (SSSR count). The fourth-order valence-corrected chi connectivity index (χ4v) is 1.99. The molecule has 1 aliphatic rings. The van der Waals surface area contributed by atoms with Crippen molar-refractivity contribution in [3.63, 3.8) is 0 Å². The standard InChI is InChI=1S/C12H14FNO8/c13-6-3-5(14(19)20)1-2-7(6)21-12-11(18)10(17)9(16)8(4-15)22-12/h1-3,8-12,15-18H,4H2. The van der Waals surface area contributed by atoms with Gasteiger partial charge in [-0.2, -0.15) is 0 Å². The number of non-ortho nitro benzene ring substituents is 1. The summed E-state index contributed by atoms with van der Waals surface area (Å²) in [6.45, 7) is -0.659. The molecule has 1 fully saturated rings. The van der Waals surface area contributed by atoms with E-state index >= 15 is 0 Å². The summed E-state index contributed by atoms with van der Waals surface area (Å²) >= 11 is 0. The van der Waals surface area contributed by atoms with Crippen LogP contribution in [0.5, 0.6) is 5.75 Å². The molecule has 1 saturated heterocycles. The van der Waals surface area contributed by atoms with Gasteiger partial charge in [-0.3, -0.25) is 10.1 Å². The third kappa shape index (κ3) is 3.15. The zero-order chi connectivity index (χ0) is 16.4. The summed E-state index contributed by atoms with van der Waals surface area (Å²) in [5.74, 6) is -1.51. The highest BCUT2D eigenvalue weighted by molar-refractivity contribution is 5.37. The zero-order valence-electron chi connectivity index (χ0n) is 11.1. The predicted molar refractivity (Wildman–Crippen MR) is 67.4 cm³/mol. The number of aliphatic hydroxyl groups is 4. The van der Waals surface area contributed by atoms with Crippen molar-refractivity contribution in [3.05, 3.63) is 34.1 Å². The smallest absolute Gasteiger partial charge is 0.272 e. The van der Waals surface area contributed by atoms with E-state index in [-0.39, 0.29) is 0 Å². The van der Waals surface area contributed by atoms with Gasteiger partial charge in [-0.05, 0) is 6.07 Å². The second-order valence-corrected chi connectivity index (χ2v) is 4.69. The Hall–Kier alpha value is -1.85. The molecule has 0 bridgehead atoms. The van der Waals surface area contributed by atoms with Crippen molar-refractivity contribution in [1.82, 2.24) is 0 Å². The second-order valence-electron chi connectivity index (χ2n) is 4.69. The Bertz CT molecular complexity index is 554. The summed E-state index contributed by atoms with van der Waals surface area (Å²) in [7, 11) is 0. The van der Waals surface area contributed by atoms with Crippen molar-refractivity contribution < 1.29 is 39.2 Å². The summed E-state index contributed by atoms with van der Waals surface area (Å²) in [5, 5.41) is 48.4. The average molecular weight is 319 g/mol. The molecule has 1 aromatic carbocycles. The van der Waals surface area contributed by atoms with E-state index in [0.717, 1.165) is 12.1 Å². The van der Waals surface area contributed by atoms with E-state index in [1.54, 1.807) is 0 Å². The number of nitro groups is 1. The normalized spacial score (nSPS) is 31.8. The van der Waals surface area contributed by atoms with Gasteiger partial charge < -0.3 is 29.9 Å². The van der Waals surface area contributed by atoms with Crippen LogP contribution >= 0.6 is 0 Å². The molecule has 0 amide bonds. The highest BCUT2D eigenvalue weighted by atomic mass is 19.1. The predicted octanol–water partition coefficient (Wildman–Crippen LogP) is -1.09. The lowest BCUT2D eigenvalue weighted by Crippen LogP contribution is -2.60. The molecule has 1 aliphatic heterocycles. The van der Waals surface area contributed by atoms with Crippen LogP contribution < -0.4 is 4.74 Å². The summed E-state index contributed by atoms with van der Waals surface area (Å²) in [6, 6.07) is 2.58. The first kappa shape index (κ1) is 16.5. The molecule has 4 N–H and O–H groups in total. The molecule has 10 heteroatoms. The molecule has 9 nitrogen and oxygen atoms in total. The van der Waals surface area contributed by atoms with E-state index in [1.807, 2.05) is 0 Å². The van der Waals surface area contributed by atoms with Crippen LogP contribution in [0.4, 0.5) is 10.1 Å². The van der Waals surface area contributed by atoms with Crippen molar-refractivity contribution in [1.29, 1.82) is 0 Å². The van der Waals surface area contributed by atoms with Gasteiger partial charge >= 0.3 is 0 Å².